The van der Waals surface area contributed by atoms with Crippen LogP contribution in [0.2, 0.25) is 0 Å². The van der Waals surface area contributed by atoms with E-state index >= 15 is 0 Å². The lowest BCUT2D eigenvalue weighted by Gasteiger charge is -2.26. The lowest BCUT2D eigenvalue weighted by atomic mass is 9.86. The number of rotatable bonds is 2. The normalized spacial score (nSPS) is 14.1. The van der Waals surface area contributed by atoms with Crippen LogP contribution in [0.1, 0.15) is 27.2 Å². The SMILES string of the molecule is CC(C)(C)C(N)CCBr.Cl. The van der Waals surface area contributed by atoms with Crippen LogP contribution in [0.5, 0.6) is 0 Å². The van der Waals surface area contributed by atoms with E-state index < -0.39 is 0 Å². The van der Waals surface area contributed by atoms with Gasteiger partial charge in [0.2, 0.25) is 0 Å². The van der Waals surface area contributed by atoms with Crippen molar-refractivity contribution in [3.63, 3.8) is 0 Å². The molecular formula is C7H17BrClN. The van der Waals surface area contributed by atoms with Crippen molar-refractivity contribution < 1.29 is 0 Å². The summed E-state index contributed by atoms with van der Waals surface area (Å²) in [6.45, 7) is 6.50. The minimum atomic E-state index is 0. The third kappa shape index (κ3) is 5.51. The van der Waals surface area contributed by atoms with Gasteiger partial charge in [-0.15, -0.1) is 12.4 Å². The van der Waals surface area contributed by atoms with Gasteiger partial charge < -0.3 is 5.73 Å². The number of hydrogen-bond donors (Lipinski definition) is 1. The molecule has 1 nitrogen and oxygen atoms in total. The molecule has 0 spiro atoms. The predicted molar refractivity (Wildman–Crippen MR) is 53.1 cm³/mol. The van der Waals surface area contributed by atoms with Gasteiger partial charge in [-0.25, -0.2) is 0 Å². The Labute approximate surface area is 78.3 Å². The van der Waals surface area contributed by atoms with Crippen LogP contribution < -0.4 is 5.73 Å². The maximum absolute atomic E-state index is 5.83. The van der Waals surface area contributed by atoms with Crippen LogP contribution in [0.4, 0.5) is 0 Å². The van der Waals surface area contributed by atoms with E-state index in [4.69, 9.17) is 5.73 Å². The van der Waals surface area contributed by atoms with Gasteiger partial charge in [-0.1, -0.05) is 36.7 Å². The highest BCUT2D eigenvalue weighted by atomic mass is 79.9. The fourth-order valence-corrected chi connectivity index (χ4v) is 1.04. The Morgan fingerprint density at radius 2 is 1.80 bits per heavy atom. The third-order valence-electron chi connectivity index (χ3n) is 1.53. The Bertz CT molecular complexity index is 80.2. The summed E-state index contributed by atoms with van der Waals surface area (Å²) in [5, 5.41) is 1.01. The maximum Gasteiger partial charge on any atom is 0.00955 e. The Kier molecular flexibility index (Phi) is 7.18. The first kappa shape index (κ1) is 13.3. The molecular weight excluding hydrogens is 213 g/mol. The van der Waals surface area contributed by atoms with Crippen LogP contribution in [-0.4, -0.2) is 11.4 Å². The van der Waals surface area contributed by atoms with Crippen LogP contribution in [-0.2, 0) is 0 Å². The molecule has 0 bridgehead atoms. The van der Waals surface area contributed by atoms with E-state index in [1.54, 1.807) is 0 Å². The lowest BCUT2D eigenvalue weighted by Crippen LogP contribution is -2.35. The van der Waals surface area contributed by atoms with Gasteiger partial charge in [0.1, 0.15) is 0 Å². The van der Waals surface area contributed by atoms with Gasteiger partial charge in [0.05, 0.1) is 0 Å². The molecule has 10 heavy (non-hydrogen) atoms. The highest BCUT2D eigenvalue weighted by Gasteiger charge is 2.18. The van der Waals surface area contributed by atoms with Gasteiger partial charge in [0.15, 0.2) is 0 Å². The zero-order valence-electron chi connectivity index (χ0n) is 6.86. The summed E-state index contributed by atoms with van der Waals surface area (Å²) in [4.78, 5) is 0. The van der Waals surface area contributed by atoms with Gasteiger partial charge in [-0.3, -0.25) is 0 Å². The zero-order chi connectivity index (χ0) is 7.49. The molecule has 0 aliphatic heterocycles. The van der Waals surface area contributed by atoms with E-state index in [0.717, 1.165) is 11.8 Å². The van der Waals surface area contributed by atoms with Crippen LogP contribution in [0.15, 0.2) is 0 Å². The predicted octanol–water partition coefficient (Wildman–Crippen LogP) is 2.57. The van der Waals surface area contributed by atoms with E-state index in [1.807, 2.05) is 0 Å². The van der Waals surface area contributed by atoms with E-state index in [2.05, 4.69) is 36.7 Å². The second-order valence-corrected chi connectivity index (χ2v) is 4.24. The van der Waals surface area contributed by atoms with Crippen molar-refractivity contribution in [2.24, 2.45) is 11.1 Å². The van der Waals surface area contributed by atoms with Crippen LogP contribution >= 0.6 is 28.3 Å². The van der Waals surface area contributed by atoms with E-state index in [1.165, 1.54) is 0 Å². The van der Waals surface area contributed by atoms with Crippen molar-refractivity contribution in [3.05, 3.63) is 0 Å². The molecule has 0 saturated heterocycles. The molecule has 0 aromatic carbocycles. The first-order valence-electron chi connectivity index (χ1n) is 3.30. The van der Waals surface area contributed by atoms with Crippen LogP contribution in [0.3, 0.4) is 0 Å². The Morgan fingerprint density at radius 3 is 1.90 bits per heavy atom. The van der Waals surface area contributed by atoms with Crippen molar-refractivity contribution in [3.8, 4) is 0 Å². The first-order chi connectivity index (χ1) is 3.98. The first-order valence-corrected chi connectivity index (χ1v) is 4.42. The summed E-state index contributed by atoms with van der Waals surface area (Å²) in [6, 6.07) is 0.317. The molecule has 0 aromatic rings. The molecule has 2 N–H and O–H groups in total. The molecule has 0 aliphatic carbocycles. The summed E-state index contributed by atoms with van der Waals surface area (Å²) in [5.74, 6) is 0. The number of hydrogen-bond acceptors (Lipinski definition) is 1. The fraction of sp³-hybridized carbons (Fsp3) is 1.00. The highest BCUT2D eigenvalue weighted by molar-refractivity contribution is 9.09. The molecule has 0 heterocycles. The van der Waals surface area contributed by atoms with Crippen molar-refractivity contribution in [2.75, 3.05) is 5.33 Å². The van der Waals surface area contributed by atoms with Crippen LogP contribution in [0, 0.1) is 5.41 Å². The van der Waals surface area contributed by atoms with E-state index in [9.17, 15) is 0 Å². The quantitative estimate of drug-likeness (QED) is 0.725. The molecule has 0 saturated carbocycles. The monoisotopic (exact) mass is 229 g/mol. The Hall–Kier alpha value is 0.730. The second-order valence-electron chi connectivity index (χ2n) is 3.45. The number of alkyl halides is 1. The fourth-order valence-electron chi connectivity index (χ4n) is 0.551. The zero-order valence-corrected chi connectivity index (χ0v) is 9.26. The van der Waals surface area contributed by atoms with Crippen LogP contribution in [0.25, 0.3) is 0 Å². The molecule has 0 radical (unpaired) electrons. The smallest absolute Gasteiger partial charge is 0.00955 e. The topological polar surface area (TPSA) is 26.0 Å². The third-order valence-corrected chi connectivity index (χ3v) is 1.99. The Balaban J connectivity index is 0. The second kappa shape index (κ2) is 5.39. The summed E-state index contributed by atoms with van der Waals surface area (Å²) in [6.07, 6.45) is 1.06. The molecule has 1 unspecified atom stereocenters. The lowest BCUT2D eigenvalue weighted by molar-refractivity contribution is 0.315. The summed E-state index contributed by atoms with van der Waals surface area (Å²) in [5.41, 5.74) is 6.09. The molecule has 0 aliphatic rings. The van der Waals surface area contributed by atoms with Gasteiger partial charge in [-0.05, 0) is 11.8 Å². The molecule has 64 valence electrons. The molecule has 1 atom stereocenters. The number of halogens is 2. The van der Waals surface area contributed by atoms with Gasteiger partial charge in [-0.2, -0.15) is 0 Å². The standard InChI is InChI=1S/C7H16BrN.ClH/c1-7(2,3)6(9)4-5-8;/h6H,4-5,9H2,1-3H3;1H. The largest absolute Gasteiger partial charge is 0.327 e. The van der Waals surface area contributed by atoms with Gasteiger partial charge >= 0.3 is 0 Å². The van der Waals surface area contributed by atoms with Crippen molar-refractivity contribution in [1.29, 1.82) is 0 Å². The molecule has 0 aromatic heterocycles. The average Bonchev–Trinajstić information content (AvgIpc) is 1.64. The van der Waals surface area contributed by atoms with Crippen molar-refractivity contribution >= 4 is 28.3 Å². The van der Waals surface area contributed by atoms with Gasteiger partial charge in [0.25, 0.3) is 0 Å². The molecule has 0 amide bonds. The van der Waals surface area contributed by atoms with E-state index in [0.29, 0.717) is 6.04 Å². The Morgan fingerprint density at radius 1 is 1.40 bits per heavy atom. The average molecular weight is 231 g/mol. The maximum atomic E-state index is 5.83. The van der Waals surface area contributed by atoms with E-state index in [-0.39, 0.29) is 17.8 Å². The molecule has 0 rings (SSSR count). The molecule has 3 heteroatoms. The minimum Gasteiger partial charge on any atom is -0.327 e. The number of nitrogens with two attached hydrogens (primary N) is 1. The summed E-state index contributed by atoms with van der Waals surface area (Å²) < 4.78 is 0. The molecule has 0 fully saturated rings. The van der Waals surface area contributed by atoms with Crippen molar-refractivity contribution in [2.45, 2.75) is 33.2 Å². The van der Waals surface area contributed by atoms with Crippen molar-refractivity contribution in [1.82, 2.24) is 0 Å². The minimum absolute atomic E-state index is 0. The summed E-state index contributed by atoms with van der Waals surface area (Å²) >= 11 is 3.36. The highest BCUT2D eigenvalue weighted by Crippen LogP contribution is 2.19. The van der Waals surface area contributed by atoms with Gasteiger partial charge in [0, 0.05) is 11.4 Å². The summed E-state index contributed by atoms with van der Waals surface area (Å²) in [7, 11) is 0.